The van der Waals surface area contributed by atoms with Crippen molar-refractivity contribution in [2.45, 2.75) is 13.8 Å². The highest BCUT2D eigenvalue weighted by atomic mass is 16.6. The summed E-state index contributed by atoms with van der Waals surface area (Å²) in [5, 5.41) is 0. The summed E-state index contributed by atoms with van der Waals surface area (Å²) in [6.07, 6.45) is 3.88. The Hall–Kier alpha value is -4.13. The van der Waals surface area contributed by atoms with Crippen LogP contribution in [0.4, 0.5) is 5.69 Å². The highest BCUT2D eigenvalue weighted by Gasteiger charge is 2.22. The number of esters is 1. The van der Waals surface area contributed by atoms with Crippen LogP contribution in [0.15, 0.2) is 66.7 Å². The molecule has 7 heteroatoms. The number of carbonyl (C=O) groups excluding carboxylic acids is 2. The molecule has 174 valence electrons. The van der Waals surface area contributed by atoms with Crippen molar-refractivity contribution < 1.29 is 23.8 Å². The van der Waals surface area contributed by atoms with E-state index in [-0.39, 0.29) is 18.2 Å². The molecule has 0 bridgehead atoms. The number of hydrogen-bond acceptors (Lipinski definition) is 6. The largest absolute Gasteiger partial charge is 0.486 e. The molecule has 0 atom stereocenters. The average Bonchev–Trinajstić information content (AvgIpc) is 2.86. The predicted octanol–water partition coefficient (Wildman–Crippen LogP) is 4.70. The van der Waals surface area contributed by atoms with E-state index in [1.807, 2.05) is 48.6 Å². The molecule has 34 heavy (non-hydrogen) atoms. The highest BCUT2D eigenvalue weighted by Crippen LogP contribution is 2.34. The Balaban J connectivity index is 1.64. The number of aromatic nitrogens is 1. The first-order valence-electron chi connectivity index (χ1n) is 11.1. The van der Waals surface area contributed by atoms with Crippen molar-refractivity contribution >= 4 is 23.6 Å². The second kappa shape index (κ2) is 10.7. The van der Waals surface area contributed by atoms with E-state index in [0.29, 0.717) is 48.2 Å². The third-order valence-corrected chi connectivity index (χ3v) is 5.28. The molecule has 1 aromatic heterocycles. The summed E-state index contributed by atoms with van der Waals surface area (Å²) >= 11 is 0. The number of ether oxygens (including phenoxy) is 3. The van der Waals surface area contributed by atoms with Gasteiger partial charge in [0, 0.05) is 18.3 Å². The molecule has 0 saturated heterocycles. The van der Waals surface area contributed by atoms with Crippen LogP contribution in [0.1, 0.15) is 39.0 Å². The Morgan fingerprint density at radius 2 is 1.79 bits per heavy atom. The van der Waals surface area contributed by atoms with E-state index in [9.17, 15) is 9.59 Å². The van der Waals surface area contributed by atoms with Crippen LogP contribution in [0.25, 0.3) is 6.08 Å². The molecular formula is C27H26N2O5. The number of amides is 1. The number of benzene rings is 2. The average molecular weight is 459 g/mol. The van der Waals surface area contributed by atoms with Crippen molar-refractivity contribution in [3.05, 3.63) is 89.3 Å². The quantitative estimate of drug-likeness (QED) is 0.478. The lowest BCUT2D eigenvalue weighted by Gasteiger charge is -2.24. The number of pyridine rings is 1. The van der Waals surface area contributed by atoms with E-state index in [1.54, 1.807) is 43.0 Å². The third-order valence-electron chi connectivity index (χ3n) is 5.28. The molecule has 0 N–H and O–H groups in total. The van der Waals surface area contributed by atoms with Gasteiger partial charge in [0.1, 0.15) is 18.9 Å². The summed E-state index contributed by atoms with van der Waals surface area (Å²) in [5.74, 6) is 0.485. The smallest absolute Gasteiger partial charge is 0.339 e. The number of aryl methyl sites for hydroxylation is 1. The van der Waals surface area contributed by atoms with E-state index in [2.05, 4.69) is 4.98 Å². The fourth-order valence-electron chi connectivity index (χ4n) is 3.61. The number of anilines is 1. The van der Waals surface area contributed by atoms with Crippen molar-refractivity contribution in [2.24, 2.45) is 0 Å². The lowest BCUT2D eigenvalue weighted by atomic mass is 10.1. The summed E-state index contributed by atoms with van der Waals surface area (Å²) in [4.78, 5) is 31.7. The molecule has 3 aromatic rings. The molecule has 0 radical (unpaired) electrons. The minimum atomic E-state index is -0.457. The van der Waals surface area contributed by atoms with Crippen LogP contribution in [0.2, 0.25) is 0 Å². The van der Waals surface area contributed by atoms with Gasteiger partial charge in [-0.25, -0.2) is 9.78 Å². The summed E-state index contributed by atoms with van der Waals surface area (Å²) < 4.78 is 16.4. The zero-order valence-electron chi connectivity index (χ0n) is 19.2. The number of fused-ring (bicyclic) bond motifs is 1. The first kappa shape index (κ1) is 23.0. The summed E-state index contributed by atoms with van der Waals surface area (Å²) in [6, 6.07) is 18.4. The van der Waals surface area contributed by atoms with Gasteiger partial charge in [-0.2, -0.15) is 0 Å². The van der Waals surface area contributed by atoms with Crippen LogP contribution in [0.5, 0.6) is 11.5 Å². The number of hydrogen-bond donors (Lipinski definition) is 0. The first-order chi connectivity index (χ1) is 16.6. The van der Waals surface area contributed by atoms with Crippen molar-refractivity contribution in [2.75, 3.05) is 31.3 Å². The minimum Gasteiger partial charge on any atom is -0.486 e. The van der Waals surface area contributed by atoms with Gasteiger partial charge in [-0.3, -0.25) is 4.79 Å². The molecule has 4 rings (SSSR count). The molecule has 2 aromatic carbocycles. The van der Waals surface area contributed by atoms with Gasteiger partial charge >= 0.3 is 5.97 Å². The van der Waals surface area contributed by atoms with Gasteiger partial charge in [0.15, 0.2) is 11.5 Å². The Labute approximate surface area is 198 Å². The topological polar surface area (TPSA) is 78.0 Å². The van der Waals surface area contributed by atoms with Gasteiger partial charge in [-0.15, -0.1) is 0 Å². The maximum atomic E-state index is 13.6. The Morgan fingerprint density at radius 3 is 2.53 bits per heavy atom. The Bertz CT molecular complexity index is 1210. The van der Waals surface area contributed by atoms with Crippen LogP contribution in [0.3, 0.4) is 0 Å². The number of carbonyl (C=O) groups is 2. The fourth-order valence-corrected chi connectivity index (χ4v) is 3.61. The standard InChI is InChI=1S/C27H26N2O5/c1-3-32-27(31)22-12-13-23(28-19(22)2)26(30)29(15-7-10-20-8-5-4-6-9-20)21-11-14-24-25(18-21)34-17-16-33-24/h4-14,18H,3,15-17H2,1-2H3/b10-7+. The van der Waals surface area contributed by atoms with E-state index < -0.39 is 5.97 Å². The third kappa shape index (κ3) is 5.26. The second-order valence-corrected chi connectivity index (χ2v) is 7.61. The van der Waals surface area contributed by atoms with Crippen LogP contribution < -0.4 is 14.4 Å². The van der Waals surface area contributed by atoms with Crippen LogP contribution >= 0.6 is 0 Å². The predicted molar refractivity (Wildman–Crippen MR) is 130 cm³/mol. The molecule has 1 aliphatic heterocycles. The van der Waals surface area contributed by atoms with Gasteiger partial charge in [-0.1, -0.05) is 42.5 Å². The van der Waals surface area contributed by atoms with Crippen molar-refractivity contribution in [3.63, 3.8) is 0 Å². The zero-order valence-corrected chi connectivity index (χ0v) is 19.2. The molecule has 0 spiro atoms. The molecule has 0 aliphatic carbocycles. The molecule has 2 heterocycles. The van der Waals surface area contributed by atoms with Gasteiger partial charge in [-0.05, 0) is 43.7 Å². The second-order valence-electron chi connectivity index (χ2n) is 7.61. The SMILES string of the molecule is CCOC(=O)c1ccc(C(=O)N(C/C=C/c2ccccc2)c2ccc3c(c2)OCCO3)nc1C. The van der Waals surface area contributed by atoms with Crippen molar-refractivity contribution in [3.8, 4) is 11.5 Å². The molecule has 0 fully saturated rings. The number of rotatable bonds is 7. The summed E-state index contributed by atoms with van der Waals surface area (Å²) in [7, 11) is 0. The zero-order chi connectivity index (χ0) is 23.9. The summed E-state index contributed by atoms with van der Waals surface area (Å²) in [6.45, 7) is 4.96. The number of nitrogens with zero attached hydrogens (tertiary/aromatic N) is 2. The normalized spacial score (nSPS) is 12.4. The van der Waals surface area contributed by atoms with E-state index in [4.69, 9.17) is 14.2 Å². The first-order valence-corrected chi connectivity index (χ1v) is 11.1. The Morgan fingerprint density at radius 1 is 1.03 bits per heavy atom. The fraction of sp³-hybridized carbons (Fsp3) is 0.222. The van der Waals surface area contributed by atoms with Crippen LogP contribution in [0, 0.1) is 6.92 Å². The minimum absolute atomic E-state index is 0.230. The van der Waals surface area contributed by atoms with Gasteiger partial charge in [0.25, 0.3) is 5.91 Å². The molecule has 7 nitrogen and oxygen atoms in total. The molecule has 0 unspecified atom stereocenters. The maximum absolute atomic E-state index is 13.6. The van der Waals surface area contributed by atoms with Crippen LogP contribution in [-0.4, -0.2) is 43.2 Å². The van der Waals surface area contributed by atoms with E-state index in [0.717, 1.165) is 5.56 Å². The van der Waals surface area contributed by atoms with E-state index in [1.165, 1.54) is 0 Å². The highest BCUT2D eigenvalue weighted by molar-refractivity contribution is 6.05. The van der Waals surface area contributed by atoms with Crippen LogP contribution in [-0.2, 0) is 4.74 Å². The van der Waals surface area contributed by atoms with Crippen molar-refractivity contribution in [1.82, 2.24) is 4.98 Å². The van der Waals surface area contributed by atoms with E-state index >= 15 is 0 Å². The lowest BCUT2D eigenvalue weighted by molar-refractivity contribution is 0.0524. The Kier molecular flexibility index (Phi) is 7.22. The monoisotopic (exact) mass is 458 g/mol. The summed E-state index contributed by atoms with van der Waals surface area (Å²) in [5.41, 5.74) is 2.69. The molecular weight excluding hydrogens is 432 g/mol. The van der Waals surface area contributed by atoms with Gasteiger partial charge in [0.05, 0.1) is 17.9 Å². The van der Waals surface area contributed by atoms with Gasteiger partial charge < -0.3 is 19.1 Å². The lowest BCUT2D eigenvalue weighted by Crippen LogP contribution is -2.32. The van der Waals surface area contributed by atoms with Gasteiger partial charge in [0.2, 0.25) is 0 Å². The molecule has 1 aliphatic rings. The maximum Gasteiger partial charge on any atom is 0.339 e. The van der Waals surface area contributed by atoms with Crippen molar-refractivity contribution in [1.29, 1.82) is 0 Å². The molecule has 0 saturated carbocycles. The molecule has 1 amide bonds.